The van der Waals surface area contributed by atoms with Crippen LogP contribution in [-0.2, 0) is 4.79 Å². The SMILES string of the molecule is O=C(O)c1cc(Br)c(F)cc1N1CC(O)CC1=O. The van der Waals surface area contributed by atoms with E-state index in [9.17, 15) is 19.1 Å². The summed E-state index contributed by atoms with van der Waals surface area (Å²) in [7, 11) is 0. The van der Waals surface area contributed by atoms with Crippen LogP contribution in [0.5, 0.6) is 0 Å². The maximum absolute atomic E-state index is 13.5. The van der Waals surface area contributed by atoms with Crippen LogP contribution in [0.25, 0.3) is 0 Å². The minimum atomic E-state index is -1.26. The molecule has 0 aliphatic carbocycles. The maximum atomic E-state index is 13.5. The lowest BCUT2D eigenvalue weighted by Gasteiger charge is -2.18. The second-order valence-corrected chi connectivity index (χ2v) is 4.81. The van der Waals surface area contributed by atoms with E-state index in [1.54, 1.807) is 0 Å². The average molecular weight is 318 g/mol. The second-order valence-electron chi connectivity index (χ2n) is 3.95. The normalized spacial score (nSPS) is 19.4. The van der Waals surface area contributed by atoms with Gasteiger partial charge in [0, 0.05) is 0 Å². The van der Waals surface area contributed by atoms with Gasteiger partial charge in [-0.05, 0) is 28.1 Å². The van der Waals surface area contributed by atoms with Crippen molar-refractivity contribution in [2.75, 3.05) is 11.4 Å². The maximum Gasteiger partial charge on any atom is 0.337 e. The van der Waals surface area contributed by atoms with Crippen LogP contribution in [0.15, 0.2) is 16.6 Å². The Kier molecular flexibility index (Phi) is 3.36. The molecule has 0 bridgehead atoms. The predicted octanol–water partition coefficient (Wildman–Crippen LogP) is 1.38. The number of anilines is 1. The molecule has 1 atom stereocenters. The van der Waals surface area contributed by atoms with Gasteiger partial charge in [-0.25, -0.2) is 9.18 Å². The highest BCUT2D eigenvalue weighted by molar-refractivity contribution is 9.10. The van der Waals surface area contributed by atoms with Crippen molar-refractivity contribution in [2.24, 2.45) is 0 Å². The number of β-amino-alcohol motifs (C(OH)–C–C–N with tert-alkyl or cyclic N) is 1. The Labute approximate surface area is 110 Å². The first-order valence-electron chi connectivity index (χ1n) is 5.11. The molecule has 7 heteroatoms. The van der Waals surface area contributed by atoms with Crippen molar-refractivity contribution < 1.29 is 24.2 Å². The number of rotatable bonds is 2. The molecule has 5 nitrogen and oxygen atoms in total. The monoisotopic (exact) mass is 317 g/mol. The molecule has 96 valence electrons. The number of aliphatic hydroxyl groups is 1. The zero-order valence-electron chi connectivity index (χ0n) is 9.06. The van der Waals surface area contributed by atoms with Gasteiger partial charge >= 0.3 is 5.97 Å². The molecule has 1 fully saturated rings. The molecule has 0 radical (unpaired) electrons. The van der Waals surface area contributed by atoms with Crippen molar-refractivity contribution in [3.05, 3.63) is 28.0 Å². The standard InChI is InChI=1S/C11H9BrFNO4/c12-7-2-6(11(17)18)9(3-8(7)13)14-4-5(15)1-10(14)16/h2-3,5,15H,1,4H2,(H,17,18). The van der Waals surface area contributed by atoms with Gasteiger partial charge in [0.25, 0.3) is 0 Å². The van der Waals surface area contributed by atoms with Crippen LogP contribution >= 0.6 is 15.9 Å². The van der Waals surface area contributed by atoms with Crippen molar-refractivity contribution in [3.63, 3.8) is 0 Å². The summed E-state index contributed by atoms with van der Waals surface area (Å²) >= 11 is 2.89. The molecule has 0 aromatic heterocycles. The van der Waals surface area contributed by atoms with Gasteiger partial charge in [0.05, 0.1) is 34.8 Å². The summed E-state index contributed by atoms with van der Waals surface area (Å²) in [5.41, 5.74) is -0.226. The fourth-order valence-corrected chi connectivity index (χ4v) is 2.20. The molecule has 0 saturated carbocycles. The van der Waals surface area contributed by atoms with E-state index < -0.39 is 23.8 Å². The number of aliphatic hydroxyl groups excluding tert-OH is 1. The molecule has 2 N–H and O–H groups in total. The van der Waals surface area contributed by atoms with Crippen molar-refractivity contribution in [2.45, 2.75) is 12.5 Å². The molecule has 1 saturated heterocycles. The highest BCUT2D eigenvalue weighted by Gasteiger charge is 2.32. The first kappa shape index (κ1) is 13.0. The zero-order valence-corrected chi connectivity index (χ0v) is 10.6. The Balaban J connectivity index is 2.52. The van der Waals surface area contributed by atoms with Crippen molar-refractivity contribution >= 4 is 33.5 Å². The summed E-state index contributed by atoms with van der Waals surface area (Å²) in [5.74, 6) is -2.35. The highest BCUT2D eigenvalue weighted by atomic mass is 79.9. The van der Waals surface area contributed by atoms with E-state index in [0.29, 0.717) is 0 Å². The summed E-state index contributed by atoms with van der Waals surface area (Å²) in [5, 5.41) is 18.4. The van der Waals surface area contributed by atoms with Crippen LogP contribution in [0.3, 0.4) is 0 Å². The fraction of sp³-hybridized carbons (Fsp3) is 0.273. The van der Waals surface area contributed by atoms with E-state index >= 15 is 0 Å². The lowest BCUT2D eigenvalue weighted by atomic mass is 10.1. The van der Waals surface area contributed by atoms with E-state index in [2.05, 4.69) is 15.9 Å². The van der Waals surface area contributed by atoms with Crippen LogP contribution in [-0.4, -0.2) is 34.7 Å². The number of aromatic carboxylic acids is 1. The number of carbonyl (C=O) groups is 2. The number of hydrogen-bond donors (Lipinski definition) is 2. The number of nitrogens with zero attached hydrogens (tertiary/aromatic N) is 1. The van der Waals surface area contributed by atoms with Crippen molar-refractivity contribution in [1.29, 1.82) is 0 Å². The minimum Gasteiger partial charge on any atom is -0.478 e. The molecular weight excluding hydrogens is 309 g/mol. The number of carboxylic acids is 1. The predicted molar refractivity (Wildman–Crippen MR) is 64.0 cm³/mol. The van der Waals surface area contributed by atoms with Crippen LogP contribution in [0.2, 0.25) is 0 Å². The lowest BCUT2D eigenvalue weighted by Crippen LogP contribution is -2.27. The number of amides is 1. The van der Waals surface area contributed by atoms with Crippen LogP contribution in [0, 0.1) is 5.82 Å². The Morgan fingerprint density at radius 2 is 2.17 bits per heavy atom. The van der Waals surface area contributed by atoms with Gasteiger partial charge in [0.2, 0.25) is 5.91 Å². The third-order valence-corrected chi connectivity index (χ3v) is 3.27. The lowest BCUT2D eigenvalue weighted by molar-refractivity contribution is -0.117. The van der Waals surface area contributed by atoms with Gasteiger partial charge in [0.1, 0.15) is 5.82 Å². The molecule has 2 rings (SSSR count). The first-order valence-corrected chi connectivity index (χ1v) is 5.90. The number of carbonyl (C=O) groups excluding carboxylic acids is 1. The average Bonchev–Trinajstić information content (AvgIpc) is 2.61. The molecule has 18 heavy (non-hydrogen) atoms. The molecular formula is C11H9BrFNO4. The second kappa shape index (κ2) is 4.66. The van der Waals surface area contributed by atoms with E-state index in [1.807, 2.05) is 0 Å². The van der Waals surface area contributed by atoms with Gasteiger partial charge in [-0.3, -0.25) is 4.79 Å². The topological polar surface area (TPSA) is 77.8 Å². The molecule has 1 unspecified atom stereocenters. The van der Waals surface area contributed by atoms with Gasteiger partial charge < -0.3 is 15.1 Å². The summed E-state index contributed by atoms with van der Waals surface area (Å²) in [4.78, 5) is 23.8. The van der Waals surface area contributed by atoms with Crippen LogP contribution in [0.4, 0.5) is 10.1 Å². The smallest absolute Gasteiger partial charge is 0.337 e. The molecule has 1 aromatic carbocycles. The molecule has 1 aromatic rings. The van der Waals surface area contributed by atoms with Gasteiger partial charge in [0.15, 0.2) is 0 Å². The molecule has 0 spiro atoms. The molecule has 1 aliphatic heterocycles. The Morgan fingerprint density at radius 1 is 1.50 bits per heavy atom. The molecule has 1 amide bonds. The van der Waals surface area contributed by atoms with Crippen LogP contribution in [0.1, 0.15) is 16.8 Å². The first-order chi connectivity index (χ1) is 8.40. The Hall–Kier alpha value is -1.47. The number of hydrogen-bond acceptors (Lipinski definition) is 3. The summed E-state index contributed by atoms with van der Waals surface area (Å²) in [6.07, 6.45) is -0.942. The van der Waals surface area contributed by atoms with E-state index in [1.165, 1.54) is 0 Å². The van der Waals surface area contributed by atoms with Crippen LogP contribution < -0.4 is 4.90 Å². The van der Waals surface area contributed by atoms with Crippen molar-refractivity contribution in [3.8, 4) is 0 Å². The quantitative estimate of drug-likeness (QED) is 0.864. The summed E-state index contributed by atoms with van der Waals surface area (Å²) in [6.45, 7) is -0.0276. The van der Waals surface area contributed by atoms with Gasteiger partial charge in [-0.2, -0.15) is 0 Å². The number of carboxylic acid groups (broad SMARTS) is 1. The van der Waals surface area contributed by atoms with E-state index in [4.69, 9.17) is 5.11 Å². The molecule has 1 heterocycles. The third-order valence-electron chi connectivity index (χ3n) is 2.66. The fourth-order valence-electron chi connectivity index (χ4n) is 1.85. The van der Waals surface area contributed by atoms with Crippen molar-refractivity contribution in [1.82, 2.24) is 0 Å². The number of halogens is 2. The van der Waals surface area contributed by atoms with Gasteiger partial charge in [-0.15, -0.1) is 0 Å². The zero-order chi connectivity index (χ0) is 13.4. The number of benzene rings is 1. The van der Waals surface area contributed by atoms with E-state index in [-0.39, 0.29) is 28.7 Å². The third kappa shape index (κ3) is 2.23. The van der Waals surface area contributed by atoms with Gasteiger partial charge in [-0.1, -0.05) is 0 Å². The summed E-state index contributed by atoms with van der Waals surface area (Å²) < 4.78 is 13.5. The summed E-state index contributed by atoms with van der Waals surface area (Å²) in [6, 6.07) is 2.08. The minimum absolute atomic E-state index is 0.0100. The largest absolute Gasteiger partial charge is 0.478 e. The van der Waals surface area contributed by atoms with E-state index in [0.717, 1.165) is 17.0 Å². The Morgan fingerprint density at radius 3 is 2.67 bits per heavy atom. The Bertz CT molecular complexity index is 534. The highest BCUT2D eigenvalue weighted by Crippen LogP contribution is 2.30. The molecule has 1 aliphatic rings.